The predicted octanol–water partition coefficient (Wildman–Crippen LogP) is 2.11. The summed E-state index contributed by atoms with van der Waals surface area (Å²) < 4.78 is 0. The van der Waals surface area contributed by atoms with E-state index < -0.39 is 0 Å². The molecule has 0 amide bonds. The molecule has 0 radical (unpaired) electrons. The first kappa shape index (κ1) is 13.6. The Bertz CT molecular complexity index is 644. The largest absolute Gasteiger partial charge is 0.508 e. The Kier molecular flexibility index (Phi) is 4.00. The number of carbonyl (C=O) groups excluding carboxylic acids is 1. The molecular weight excluding hydrogens is 258 g/mol. The summed E-state index contributed by atoms with van der Waals surface area (Å²) in [6.45, 7) is -0.142. The van der Waals surface area contributed by atoms with Gasteiger partial charge < -0.3 is 15.3 Å². The van der Waals surface area contributed by atoms with Crippen LogP contribution >= 0.6 is 0 Å². The Morgan fingerprint density at radius 3 is 2.35 bits per heavy atom. The Morgan fingerprint density at radius 2 is 1.70 bits per heavy atom. The molecule has 102 valence electrons. The highest BCUT2D eigenvalue weighted by Gasteiger charge is 2.07. The van der Waals surface area contributed by atoms with E-state index in [2.05, 4.69) is 4.99 Å². The second kappa shape index (κ2) is 5.88. The van der Waals surface area contributed by atoms with Crippen LogP contribution in [-0.2, 0) is 0 Å². The number of ketones is 1. The van der Waals surface area contributed by atoms with Gasteiger partial charge in [0, 0.05) is 23.4 Å². The van der Waals surface area contributed by atoms with Gasteiger partial charge in [0.2, 0.25) is 0 Å². The lowest BCUT2D eigenvalue weighted by Crippen LogP contribution is -2.03. The third-order valence-corrected chi connectivity index (χ3v) is 2.63. The van der Waals surface area contributed by atoms with Crippen molar-refractivity contribution in [3.05, 3.63) is 53.6 Å². The smallest absolute Gasteiger partial charge is 0.184 e. The lowest BCUT2D eigenvalue weighted by molar-refractivity contribution is 0.100. The SMILES string of the molecule is O=C(CN=Cc1ccccc1O)c1cc(O)cc(O)c1. The number of para-hydroxylation sites is 1. The molecule has 0 unspecified atom stereocenters. The van der Waals surface area contributed by atoms with Crippen molar-refractivity contribution in [2.75, 3.05) is 6.54 Å². The van der Waals surface area contributed by atoms with Crippen LogP contribution in [0.15, 0.2) is 47.5 Å². The maximum absolute atomic E-state index is 11.8. The van der Waals surface area contributed by atoms with Crippen molar-refractivity contribution < 1.29 is 20.1 Å². The molecule has 0 aliphatic carbocycles. The zero-order chi connectivity index (χ0) is 14.5. The molecule has 0 atom stereocenters. The number of nitrogens with zero attached hydrogens (tertiary/aromatic N) is 1. The van der Waals surface area contributed by atoms with E-state index in [1.807, 2.05) is 0 Å². The first-order valence-corrected chi connectivity index (χ1v) is 5.90. The molecule has 3 N–H and O–H groups in total. The van der Waals surface area contributed by atoms with Crippen molar-refractivity contribution >= 4 is 12.0 Å². The molecule has 0 aliphatic rings. The van der Waals surface area contributed by atoms with Crippen LogP contribution in [0.2, 0.25) is 0 Å². The molecule has 0 spiro atoms. The molecule has 2 aromatic rings. The van der Waals surface area contributed by atoms with Gasteiger partial charge in [-0.15, -0.1) is 0 Å². The number of aliphatic imine (C=N–C) groups is 1. The standard InChI is InChI=1S/C15H13NO4/c17-12-5-11(6-13(18)7-12)15(20)9-16-8-10-3-1-2-4-14(10)19/h1-8,17-19H,9H2. The van der Waals surface area contributed by atoms with Crippen LogP contribution in [0.1, 0.15) is 15.9 Å². The van der Waals surface area contributed by atoms with Crippen LogP contribution < -0.4 is 0 Å². The van der Waals surface area contributed by atoms with Crippen LogP contribution in [0.25, 0.3) is 0 Å². The molecule has 0 heterocycles. The Hall–Kier alpha value is -2.82. The summed E-state index contributed by atoms with van der Waals surface area (Å²) in [6.07, 6.45) is 1.40. The Balaban J connectivity index is 2.07. The zero-order valence-corrected chi connectivity index (χ0v) is 10.5. The monoisotopic (exact) mass is 271 g/mol. The Labute approximate surface area is 115 Å². The van der Waals surface area contributed by atoms with Gasteiger partial charge in [0.05, 0.1) is 0 Å². The number of hydrogen-bond donors (Lipinski definition) is 3. The van der Waals surface area contributed by atoms with Gasteiger partial charge in [0.25, 0.3) is 0 Å². The van der Waals surface area contributed by atoms with Gasteiger partial charge in [-0.1, -0.05) is 12.1 Å². The molecule has 2 rings (SSSR count). The van der Waals surface area contributed by atoms with Gasteiger partial charge in [-0.25, -0.2) is 0 Å². The first-order valence-electron chi connectivity index (χ1n) is 5.90. The normalized spacial score (nSPS) is 10.8. The van der Waals surface area contributed by atoms with E-state index in [0.29, 0.717) is 5.56 Å². The summed E-state index contributed by atoms with van der Waals surface area (Å²) in [4.78, 5) is 15.8. The minimum absolute atomic E-state index is 0.0821. The van der Waals surface area contributed by atoms with Crippen molar-refractivity contribution in [3.8, 4) is 17.2 Å². The third-order valence-electron chi connectivity index (χ3n) is 2.63. The highest BCUT2D eigenvalue weighted by atomic mass is 16.3. The zero-order valence-electron chi connectivity index (χ0n) is 10.5. The summed E-state index contributed by atoms with van der Waals surface area (Å²) in [5, 5.41) is 28.1. The lowest BCUT2D eigenvalue weighted by atomic mass is 10.1. The number of aromatic hydroxyl groups is 3. The van der Waals surface area contributed by atoms with Crippen molar-refractivity contribution in [3.63, 3.8) is 0 Å². The fraction of sp³-hybridized carbons (Fsp3) is 0.0667. The van der Waals surface area contributed by atoms with Crippen molar-refractivity contribution in [2.45, 2.75) is 0 Å². The second-order valence-corrected chi connectivity index (χ2v) is 4.19. The van der Waals surface area contributed by atoms with E-state index in [1.54, 1.807) is 18.2 Å². The topological polar surface area (TPSA) is 90.1 Å². The number of benzene rings is 2. The second-order valence-electron chi connectivity index (χ2n) is 4.19. The fourth-order valence-corrected chi connectivity index (χ4v) is 1.67. The van der Waals surface area contributed by atoms with E-state index in [-0.39, 0.29) is 35.1 Å². The van der Waals surface area contributed by atoms with Gasteiger partial charge in [0.1, 0.15) is 23.8 Å². The maximum atomic E-state index is 11.8. The molecule has 5 nitrogen and oxygen atoms in total. The average molecular weight is 271 g/mol. The van der Waals surface area contributed by atoms with Gasteiger partial charge in [0.15, 0.2) is 5.78 Å². The molecule has 0 aliphatic heterocycles. The number of phenolic OH excluding ortho intramolecular Hbond substituents is 3. The first-order chi connectivity index (χ1) is 9.56. The highest BCUT2D eigenvalue weighted by Crippen LogP contribution is 2.20. The lowest BCUT2D eigenvalue weighted by Gasteiger charge is -2.01. The minimum atomic E-state index is -0.345. The minimum Gasteiger partial charge on any atom is -0.508 e. The summed E-state index contributed by atoms with van der Waals surface area (Å²) in [5.41, 5.74) is 0.691. The quantitative estimate of drug-likeness (QED) is 0.586. The summed E-state index contributed by atoms with van der Waals surface area (Å²) in [7, 11) is 0. The van der Waals surface area contributed by atoms with Gasteiger partial charge in [-0.2, -0.15) is 0 Å². The van der Waals surface area contributed by atoms with Crippen molar-refractivity contribution in [1.82, 2.24) is 0 Å². The van der Waals surface area contributed by atoms with E-state index in [0.717, 1.165) is 6.07 Å². The molecular formula is C15H13NO4. The molecule has 20 heavy (non-hydrogen) atoms. The number of carbonyl (C=O) groups is 1. The van der Waals surface area contributed by atoms with E-state index >= 15 is 0 Å². The molecule has 0 bridgehead atoms. The van der Waals surface area contributed by atoms with E-state index in [4.69, 9.17) is 0 Å². The van der Waals surface area contributed by atoms with Crippen LogP contribution in [-0.4, -0.2) is 33.9 Å². The van der Waals surface area contributed by atoms with Gasteiger partial charge >= 0.3 is 0 Å². The summed E-state index contributed by atoms with van der Waals surface area (Å²) in [5.74, 6) is -0.627. The number of rotatable bonds is 4. The van der Waals surface area contributed by atoms with Crippen LogP contribution in [0.3, 0.4) is 0 Å². The molecule has 0 saturated heterocycles. The molecule has 0 fully saturated rings. The Morgan fingerprint density at radius 1 is 1.05 bits per heavy atom. The summed E-state index contributed by atoms with van der Waals surface area (Å²) >= 11 is 0. The van der Waals surface area contributed by atoms with Crippen LogP contribution in [0.5, 0.6) is 17.2 Å². The molecule has 0 saturated carbocycles. The third kappa shape index (κ3) is 3.35. The predicted molar refractivity (Wildman–Crippen MR) is 74.7 cm³/mol. The van der Waals surface area contributed by atoms with Gasteiger partial charge in [-0.05, 0) is 24.3 Å². The van der Waals surface area contributed by atoms with Crippen LogP contribution in [0.4, 0.5) is 0 Å². The van der Waals surface area contributed by atoms with E-state index in [9.17, 15) is 20.1 Å². The highest BCUT2D eigenvalue weighted by molar-refractivity contribution is 5.99. The van der Waals surface area contributed by atoms with Gasteiger partial charge in [-0.3, -0.25) is 9.79 Å². The maximum Gasteiger partial charge on any atom is 0.184 e. The van der Waals surface area contributed by atoms with Crippen molar-refractivity contribution in [1.29, 1.82) is 0 Å². The van der Waals surface area contributed by atoms with Crippen molar-refractivity contribution in [2.24, 2.45) is 4.99 Å². The average Bonchev–Trinajstić information content (AvgIpc) is 2.39. The fourth-order valence-electron chi connectivity index (χ4n) is 1.67. The molecule has 5 heteroatoms. The summed E-state index contributed by atoms with van der Waals surface area (Å²) in [6, 6.07) is 10.3. The van der Waals surface area contributed by atoms with Crippen LogP contribution in [0, 0.1) is 0 Å². The molecule has 2 aromatic carbocycles. The number of Topliss-reactive ketones (excluding diaryl/α,β-unsaturated/α-hetero) is 1. The molecule has 0 aromatic heterocycles. The number of phenols is 3. The van der Waals surface area contributed by atoms with E-state index in [1.165, 1.54) is 24.4 Å². The number of hydrogen-bond acceptors (Lipinski definition) is 5.